The monoisotopic (exact) mass is 245 g/mol. The van der Waals surface area contributed by atoms with E-state index in [2.05, 4.69) is 13.8 Å². The molecule has 0 bridgehead atoms. The molecule has 3 rings (SSSR count). The summed E-state index contributed by atoms with van der Waals surface area (Å²) in [6.07, 6.45) is 2.89. The Hall–Kier alpha value is -1.51. The number of anilines is 1. The number of phenols is 1. The van der Waals surface area contributed by atoms with E-state index >= 15 is 0 Å². The van der Waals surface area contributed by atoms with Gasteiger partial charge in [-0.2, -0.15) is 0 Å². The predicted molar refractivity (Wildman–Crippen MR) is 70.7 cm³/mol. The lowest BCUT2D eigenvalue weighted by atomic mass is 9.99. The molecule has 1 aliphatic heterocycles. The molecule has 96 valence electrons. The molecule has 3 heteroatoms. The zero-order chi connectivity index (χ0) is 12.9. The van der Waals surface area contributed by atoms with Gasteiger partial charge in [-0.1, -0.05) is 26.0 Å². The predicted octanol–water partition coefficient (Wildman–Crippen LogP) is 2.72. The first-order chi connectivity index (χ1) is 8.50. The number of aryl methyl sites for hydroxylation is 1. The minimum Gasteiger partial charge on any atom is -0.506 e. The van der Waals surface area contributed by atoms with Gasteiger partial charge < -0.3 is 10.0 Å². The third-order valence-corrected chi connectivity index (χ3v) is 4.27. The fourth-order valence-electron chi connectivity index (χ4n) is 2.93. The molecule has 1 amide bonds. The number of rotatable bonds is 1. The van der Waals surface area contributed by atoms with Crippen LogP contribution < -0.4 is 4.90 Å². The molecule has 0 radical (unpaired) electrons. The van der Waals surface area contributed by atoms with Crippen LogP contribution in [0.5, 0.6) is 5.75 Å². The fraction of sp³-hybridized carbons (Fsp3) is 0.533. The van der Waals surface area contributed by atoms with Crippen molar-refractivity contribution in [3.63, 3.8) is 0 Å². The van der Waals surface area contributed by atoms with Crippen molar-refractivity contribution in [2.24, 2.45) is 11.3 Å². The van der Waals surface area contributed by atoms with E-state index in [0.717, 1.165) is 37.1 Å². The maximum Gasteiger partial charge on any atom is 0.230 e. The van der Waals surface area contributed by atoms with Crippen molar-refractivity contribution in [1.82, 2.24) is 0 Å². The molecule has 1 aromatic carbocycles. The van der Waals surface area contributed by atoms with Gasteiger partial charge in [-0.05, 0) is 36.3 Å². The fourth-order valence-corrected chi connectivity index (χ4v) is 2.93. The molecule has 1 heterocycles. The molecule has 1 unspecified atom stereocenters. The standard InChI is InChI=1S/C15H19NO2/c1-15(2)9-11(15)14(18)16-8-4-6-10-5-3-7-12(17)13(10)16/h3,5,7,11,17H,4,6,8-9H2,1-2H3. The van der Waals surface area contributed by atoms with E-state index in [1.54, 1.807) is 11.0 Å². The third kappa shape index (κ3) is 1.69. The number of benzene rings is 1. The third-order valence-electron chi connectivity index (χ3n) is 4.27. The Morgan fingerprint density at radius 1 is 1.44 bits per heavy atom. The number of carbonyl (C=O) groups excluding carboxylic acids is 1. The highest BCUT2D eigenvalue weighted by molar-refractivity contribution is 5.99. The lowest BCUT2D eigenvalue weighted by Crippen LogP contribution is -2.37. The van der Waals surface area contributed by atoms with E-state index in [9.17, 15) is 9.90 Å². The van der Waals surface area contributed by atoms with E-state index < -0.39 is 0 Å². The zero-order valence-corrected chi connectivity index (χ0v) is 10.9. The molecule has 1 fully saturated rings. The van der Waals surface area contributed by atoms with Gasteiger partial charge in [0.05, 0.1) is 5.69 Å². The van der Waals surface area contributed by atoms with Crippen LogP contribution in [0, 0.1) is 11.3 Å². The largest absolute Gasteiger partial charge is 0.506 e. The van der Waals surface area contributed by atoms with Gasteiger partial charge in [0.15, 0.2) is 0 Å². The van der Waals surface area contributed by atoms with Crippen LogP contribution >= 0.6 is 0 Å². The second kappa shape index (κ2) is 3.74. The Labute approximate surface area is 107 Å². The number of carbonyl (C=O) groups is 1. The van der Waals surface area contributed by atoms with Gasteiger partial charge in [0, 0.05) is 12.5 Å². The van der Waals surface area contributed by atoms with Crippen LogP contribution in [0.4, 0.5) is 5.69 Å². The molecule has 0 saturated heterocycles. The number of amides is 1. The molecule has 1 atom stereocenters. The van der Waals surface area contributed by atoms with Gasteiger partial charge in [0.2, 0.25) is 5.91 Å². The van der Waals surface area contributed by atoms with Crippen molar-refractivity contribution < 1.29 is 9.90 Å². The van der Waals surface area contributed by atoms with Gasteiger partial charge >= 0.3 is 0 Å². The van der Waals surface area contributed by atoms with Crippen LogP contribution in [0.15, 0.2) is 18.2 Å². The van der Waals surface area contributed by atoms with Crippen LogP contribution in [0.2, 0.25) is 0 Å². The van der Waals surface area contributed by atoms with Crippen molar-refractivity contribution in [1.29, 1.82) is 0 Å². The van der Waals surface area contributed by atoms with E-state index in [1.807, 2.05) is 12.1 Å². The van der Waals surface area contributed by atoms with Crippen LogP contribution in [0.3, 0.4) is 0 Å². The first kappa shape index (κ1) is 11.6. The first-order valence-corrected chi connectivity index (χ1v) is 6.63. The lowest BCUT2D eigenvalue weighted by molar-refractivity contribution is -0.120. The number of hydrogen-bond donors (Lipinski definition) is 1. The van der Waals surface area contributed by atoms with Gasteiger partial charge in [-0.15, -0.1) is 0 Å². The van der Waals surface area contributed by atoms with E-state index in [0.29, 0.717) is 0 Å². The smallest absolute Gasteiger partial charge is 0.230 e. The number of hydrogen-bond acceptors (Lipinski definition) is 2. The van der Waals surface area contributed by atoms with Crippen LogP contribution in [0.25, 0.3) is 0 Å². The minimum atomic E-state index is 0.128. The Bertz CT molecular complexity index is 507. The Kier molecular flexibility index (Phi) is 2.40. The Balaban J connectivity index is 1.94. The van der Waals surface area contributed by atoms with E-state index in [1.165, 1.54) is 0 Å². The van der Waals surface area contributed by atoms with Gasteiger partial charge in [0.1, 0.15) is 5.75 Å². The molecular formula is C15H19NO2. The normalized spacial score (nSPS) is 24.6. The average molecular weight is 245 g/mol. The molecule has 1 N–H and O–H groups in total. The summed E-state index contributed by atoms with van der Waals surface area (Å²) in [5.74, 6) is 0.546. The minimum absolute atomic E-state index is 0.128. The molecule has 1 aromatic rings. The molecule has 1 aliphatic carbocycles. The summed E-state index contributed by atoms with van der Waals surface area (Å²) in [6.45, 7) is 4.99. The SMILES string of the molecule is CC1(C)CC1C(=O)N1CCCc2cccc(O)c21. The van der Waals surface area contributed by atoms with Crippen LogP contribution in [-0.2, 0) is 11.2 Å². The van der Waals surface area contributed by atoms with Gasteiger partial charge in [-0.3, -0.25) is 4.79 Å². The Morgan fingerprint density at radius 3 is 2.83 bits per heavy atom. The second-order valence-electron chi connectivity index (χ2n) is 6.12. The Morgan fingerprint density at radius 2 is 2.17 bits per heavy atom. The number of aromatic hydroxyl groups is 1. The number of phenolic OH excluding ortho intramolecular Hbond substituents is 1. The van der Waals surface area contributed by atoms with Crippen molar-refractivity contribution in [3.05, 3.63) is 23.8 Å². The van der Waals surface area contributed by atoms with E-state index in [-0.39, 0.29) is 23.0 Å². The topological polar surface area (TPSA) is 40.5 Å². The summed E-state index contributed by atoms with van der Waals surface area (Å²) in [5.41, 5.74) is 1.98. The van der Waals surface area contributed by atoms with Crippen LogP contribution in [0.1, 0.15) is 32.3 Å². The van der Waals surface area contributed by atoms with Crippen molar-refractivity contribution in [2.75, 3.05) is 11.4 Å². The summed E-state index contributed by atoms with van der Waals surface area (Å²) in [5, 5.41) is 10.0. The second-order valence-corrected chi connectivity index (χ2v) is 6.12. The van der Waals surface area contributed by atoms with Crippen molar-refractivity contribution >= 4 is 11.6 Å². The maximum absolute atomic E-state index is 12.5. The highest BCUT2D eigenvalue weighted by atomic mass is 16.3. The molecule has 2 aliphatic rings. The number of fused-ring (bicyclic) bond motifs is 1. The van der Waals surface area contributed by atoms with Crippen molar-refractivity contribution in [3.8, 4) is 5.75 Å². The van der Waals surface area contributed by atoms with Crippen LogP contribution in [-0.4, -0.2) is 17.6 Å². The molecular weight excluding hydrogens is 226 g/mol. The zero-order valence-electron chi connectivity index (χ0n) is 10.9. The molecule has 0 aromatic heterocycles. The van der Waals surface area contributed by atoms with E-state index in [4.69, 9.17) is 0 Å². The summed E-state index contributed by atoms with van der Waals surface area (Å²) in [6, 6.07) is 5.53. The first-order valence-electron chi connectivity index (χ1n) is 6.63. The maximum atomic E-state index is 12.5. The summed E-state index contributed by atoms with van der Waals surface area (Å²) >= 11 is 0. The quantitative estimate of drug-likeness (QED) is 0.826. The molecule has 0 spiro atoms. The van der Waals surface area contributed by atoms with Crippen molar-refractivity contribution in [2.45, 2.75) is 33.1 Å². The number of nitrogens with zero attached hydrogens (tertiary/aromatic N) is 1. The molecule has 3 nitrogen and oxygen atoms in total. The lowest BCUT2D eigenvalue weighted by Gasteiger charge is -2.30. The summed E-state index contributed by atoms with van der Waals surface area (Å²) in [4.78, 5) is 14.3. The molecule has 18 heavy (non-hydrogen) atoms. The average Bonchev–Trinajstić information content (AvgIpc) is 2.97. The number of para-hydroxylation sites is 1. The van der Waals surface area contributed by atoms with Gasteiger partial charge in [0.25, 0.3) is 0 Å². The summed E-state index contributed by atoms with van der Waals surface area (Å²) < 4.78 is 0. The summed E-state index contributed by atoms with van der Waals surface area (Å²) in [7, 11) is 0. The molecule has 1 saturated carbocycles. The highest BCUT2D eigenvalue weighted by Crippen LogP contribution is 2.53. The highest BCUT2D eigenvalue weighted by Gasteiger charge is 2.52. The van der Waals surface area contributed by atoms with Gasteiger partial charge in [-0.25, -0.2) is 0 Å².